The number of nitrogens with zero attached hydrogens (tertiary/aromatic N) is 1. The van der Waals surface area contributed by atoms with Gasteiger partial charge in [-0.25, -0.2) is 0 Å². The van der Waals surface area contributed by atoms with Gasteiger partial charge in [0.25, 0.3) is 0 Å². The lowest BCUT2D eigenvalue weighted by molar-refractivity contribution is -0.127. The molecule has 132 valence electrons. The van der Waals surface area contributed by atoms with Crippen molar-refractivity contribution in [2.45, 2.75) is 20.8 Å². The van der Waals surface area contributed by atoms with Crippen LogP contribution in [-0.2, 0) is 14.4 Å². The maximum atomic E-state index is 11.7. The number of nitrogens with one attached hydrogen (secondary N) is 3. The summed E-state index contributed by atoms with van der Waals surface area (Å²) < 4.78 is 0. The molecule has 0 heterocycles. The average molecular weight is 334 g/mol. The first-order valence-electron chi connectivity index (χ1n) is 8.01. The Balaban J connectivity index is 2.28. The summed E-state index contributed by atoms with van der Waals surface area (Å²) in [5.41, 5.74) is 2.31. The normalized spacial score (nSPS) is 9.96. The van der Waals surface area contributed by atoms with Gasteiger partial charge in [-0.15, -0.1) is 0 Å². The predicted molar refractivity (Wildman–Crippen MR) is 93.8 cm³/mol. The van der Waals surface area contributed by atoms with Gasteiger partial charge in [0.1, 0.15) is 0 Å². The summed E-state index contributed by atoms with van der Waals surface area (Å²) in [4.78, 5) is 35.9. The predicted octanol–water partition coefficient (Wildman–Crippen LogP) is 0.190. The lowest BCUT2D eigenvalue weighted by Crippen LogP contribution is -2.43. The van der Waals surface area contributed by atoms with Crippen molar-refractivity contribution in [1.82, 2.24) is 16.0 Å². The fourth-order valence-corrected chi connectivity index (χ4v) is 2.13. The summed E-state index contributed by atoms with van der Waals surface area (Å²) in [6.07, 6.45) is 0. The van der Waals surface area contributed by atoms with Gasteiger partial charge in [-0.05, 0) is 31.5 Å². The minimum atomic E-state index is -0.393. The van der Waals surface area contributed by atoms with Gasteiger partial charge < -0.3 is 20.9 Å². The van der Waals surface area contributed by atoms with E-state index < -0.39 is 5.91 Å². The molecule has 7 heteroatoms. The summed E-state index contributed by atoms with van der Waals surface area (Å²) in [7, 11) is 0. The van der Waals surface area contributed by atoms with E-state index in [4.69, 9.17) is 0 Å². The second-order valence-electron chi connectivity index (χ2n) is 5.46. The SMILES string of the molecule is CCN(CCNC(=O)CNC(=O)CNC(C)=O)c1cccc(C)c1. The molecule has 0 saturated carbocycles. The lowest BCUT2D eigenvalue weighted by Gasteiger charge is -2.23. The maximum absolute atomic E-state index is 11.7. The summed E-state index contributed by atoms with van der Waals surface area (Å²) in [5.74, 6) is -0.938. The second-order valence-corrected chi connectivity index (χ2v) is 5.46. The number of benzene rings is 1. The van der Waals surface area contributed by atoms with Crippen molar-refractivity contribution in [3.63, 3.8) is 0 Å². The first kappa shape index (κ1) is 19.5. The molecule has 0 aromatic heterocycles. The smallest absolute Gasteiger partial charge is 0.239 e. The van der Waals surface area contributed by atoms with Gasteiger partial charge in [-0.1, -0.05) is 12.1 Å². The van der Waals surface area contributed by atoms with Crippen LogP contribution < -0.4 is 20.9 Å². The Labute approximate surface area is 142 Å². The van der Waals surface area contributed by atoms with Crippen LogP contribution >= 0.6 is 0 Å². The van der Waals surface area contributed by atoms with E-state index in [0.717, 1.165) is 12.2 Å². The fourth-order valence-electron chi connectivity index (χ4n) is 2.13. The largest absolute Gasteiger partial charge is 0.370 e. The molecular weight excluding hydrogens is 308 g/mol. The van der Waals surface area contributed by atoms with E-state index in [0.29, 0.717) is 13.1 Å². The summed E-state index contributed by atoms with van der Waals surface area (Å²) in [5, 5.41) is 7.59. The van der Waals surface area contributed by atoms with Gasteiger partial charge in [-0.2, -0.15) is 0 Å². The van der Waals surface area contributed by atoms with Gasteiger partial charge in [0, 0.05) is 32.2 Å². The molecule has 0 fully saturated rings. The van der Waals surface area contributed by atoms with Gasteiger partial charge >= 0.3 is 0 Å². The van der Waals surface area contributed by atoms with Crippen LogP contribution in [0.4, 0.5) is 5.69 Å². The number of aryl methyl sites for hydroxylation is 1. The Hall–Kier alpha value is -2.57. The highest BCUT2D eigenvalue weighted by molar-refractivity contribution is 5.87. The van der Waals surface area contributed by atoms with Gasteiger partial charge in [0.15, 0.2) is 0 Å². The molecule has 0 saturated heterocycles. The Bertz CT molecular complexity index is 575. The highest BCUT2D eigenvalue weighted by Crippen LogP contribution is 2.14. The minimum Gasteiger partial charge on any atom is -0.370 e. The number of hydrogen-bond donors (Lipinski definition) is 3. The van der Waals surface area contributed by atoms with Crippen LogP contribution in [0.15, 0.2) is 24.3 Å². The molecule has 0 aliphatic rings. The van der Waals surface area contributed by atoms with Gasteiger partial charge in [-0.3, -0.25) is 14.4 Å². The van der Waals surface area contributed by atoms with Crippen molar-refractivity contribution in [3.05, 3.63) is 29.8 Å². The molecule has 0 aliphatic carbocycles. The highest BCUT2D eigenvalue weighted by Gasteiger charge is 2.07. The van der Waals surface area contributed by atoms with E-state index in [-0.39, 0.29) is 24.9 Å². The summed E-state index contributed by atoms with van der Waals surface area (Å²) in [6.45, 7) is 7.22. The molecule has 1 aromatic carbocycles. The maximum Gasteiger partial charge on any atom is 0.239 e. The number of rotatable bonds is 9. The Morgan fingerprint density at radius 1 is 1.04 bits per heavy atom. The first-order chi connectivity index (χ1) is 11.4. The molecule has 0 unspecified atom stereocenters. The van der Waals surface area contributed by atoms with Gasteiger partial charge in [0.05, 0.1) is 13.1 Å². The molecule has 0 radical (unpaired) electrons. The summed E-state index contributed by atoms with van der Waals surface area (Å²) >= 11 is 0. The summed E-state index contributed by atoms with van der Waals surface area (Å²) in [6, 6.07) is 8.20. The first-order valence-corrected chi connectivity index (χ1v) is 8.01. The second kappa shape index (κ2) is 10.3. The molecular formula is C17H26N4O3. The van der Waals surface area contributed by atoms with Crippen LogP contribution in [0.25, 0.3) is 0 Å². The van der Waals surface area contributed by atoms with E-state index in [2.05, 4.69) is 33.8 Å². The number of carbonyl (C=O) groups excluding carboxylic acids is 3. The standard InChI is InChI=1S/C17H26N4O3/c1-4-21(15-7-5-6-13(2)10-15)9-8-18-16(23)12-20-17(24)11-19-14(3)22/h5-7,10H,4,8-9,11-12H2,1-3H3,(H,18,23)(H,19,22)(H,20,24). The molecule has 1 aromatic rings. The highest BCUT2D eigenvalue weighted by atomic mass is 16.2. The molecule has 7 nitrogen and oxygen atoms in total. The van der Waals surface area contributed by atoms with Crippen LogP contribution in [0.2, 0.25) is 0 Å². The van der Waals surface area contributed by atoms with Crippen molar-refractivity contribution in [3.8, 4) is 0 Å². The molecule has 0 atom stereocenters. The van der Waals surface area contributed by atoms with E-state index >= 15 is 0 Å². The molecule has 3 N–H and O–H groups in total. The Morgan fingerprint density at radius 2 is 1.71 bits per heavy atom. The number of amides is 3. The van der Waals surface area contributed by atoms with E-state index in [1.165, 1.54) is 12.5 Å². The third kappa shape index (κ3) is 7.62. The van der Waals surface area contributed by atoms with Crippen LogP contribution in [0, 0.1) is 6.92 Å². The third-order valence-corrected chi connectivity index (χ3v) is 3.40. The lowest BCUT2D eigenvalue weighted by atomic mass is 10.2. The fraction of sp³-hybridized carbons (Fsp3) is 0.471. The van der Waals surface area contributed by atoms with E-state index in [1.807, 2.05) is 25.1 Å². The number of anilines is 1. The van der Waals surface area contributed by atoms with Crippen molar-refractivity contribution in [1.29, 1.82) is 0 Å². The topological polar surface area (TPSA) is 90.5 Å². The van der Waals surface area contributed by atoms with Crippen molar-refractivity contribution >= 4 is 23.4 Å². The van der Waals surface area contributed by atoms with Crippen LogP contribution in [0.5, 0.6) is 0 Å². The van der Waals surface area contributed by atoms with Crippen molar-refractivity contribution < 1.29 is 14.4 Å². The molecule has 3 amide bonds. The van der Waals surface area contributed by atoms with E-state index in [1.54, 1.807) is 0 Å². The molecule has 1 rings (SSSR count). The zero-order valence-corrected chi connectivity index (χ0v) is 14.5. The Kier molecular flexibility index (Phi) is 8.32. The minimum absolute atomic E-state index is 0.102. The third-order valence-electron chi connectivity index (χ3n) is 3.40. The van der Waals surface area contributed by atoms with Crippen molar-refractivity contribution in [2.75, 3.05) is 37.6 Å². The number of likely N-dealkylation sites (N-methyl/N-ethyl adjacent to an activating group) is 1. The number of carbonyl (C=O) groups is 3. The molecule has 24 heavy (non-hydrogen) atoms. The molecule has 0 bridgehead atoms. The van der Waals surface area contributed by atoms with Gasteiger partial charge in [0.2, 0.25) is 17.7 Å². The van der Waals surface area contributed by atoms with Crippen molar-refractivity contribution in [2.24, 2.45) is 0 Å². The number of hydrogen-bond acceptors (Lipinski definition) is 4. The zero-order chi connectivity index (χ0) is 17.9. The quantitative estimate of drug-likeness (QED) is 0.601. The Morgan fingerprint density at radius 3 is 2.33 bits per heavy atom. The monoisotopic (exact) mass is 334 g/mol. The van der Waals surface area contributed by atoms with Crippen LogP contribution in [-0.4, -0.2) is 50.4 Å². The molecule has 0 spiro atoms. The zero-order valence-electron chi connectivity index (χ0n) is 14.5. The van der Waals surface area contributed by atoms with E-state index in [9.17, 15) is 14.4 Å². The van der Waals surface area contributed by atoms with Crippen LogP contribution in [0.3, 0.4) is 0 Å². The molecule has 0 aliphatic heterocycles. The average Bonchev–Trinajstić information content (AvgIpc) is 2.55. The van der Waals surface area contributed by atoms with Crippen LogP contribution in [0.1, 0.15) is 19.4 Å².